The average Bonchev–Trinajstić information content (AvgIpc) is 0.759. The molecule has 0 bridgehead atoms. The molecule has 45 atom stereocenters. The molecule has 0 spiro atoms. The van der Waals surface area contributed by atoms with Crippen molar-refractivity contribution in [1.82, 2.24) is 10.6 Å². The zero-order valence-corrected chi connectivity index (χ0v) is 56.0. The summed E-state index contributed by atoms with van der Waals surface area (Å²) in [5.41, 5.74) is 0. The van der Waals surface area contributed by atoms with Gasteiger partial charge in [0.1, 0.15) is 214 Å². The molecule has 0 aromatic rings. The van der Waals surface area contributed by atoms with E-state index in [4.69, 9.17) is 80.5 Å². The molecule has 0 unspecified atom stereocenters. The summed E-state index contributed by atoms with van der Waals surface area (Å²) in [5.74, 6) is -1.65. The van der Waals surface area contributed by atoms with Crippen LogP contribution in [-0.4, -0.2) is 474 Å². The number of carbonyl (C=O) groups excluding carboxylic acids is 2. The van der Waals surface area contributed by atoms with E-state index in [2.05, 4.69) is 10.6 Å². The minimum atomic E-state index is -2.52. The number of hydrogen-bond acceptors (Lipinski definition) is 45. The molecule has 9 fully saturated rings. The predicted molar refractivity (Wildman–Crippen MR) is 319 cm³/mol. The van der Waals surface area contributed by atoms with Crippen LogP contribution >= 0.6 is 0 Å². The first-order valence-corrected chi connectivity index (χ1v) is 33.5. The molecule has 0 aromatic heterocycles. The molecule has 2 amide bonds. The number of amides is 2. The highest BCUT2D eigenvalue weighted by Crippen LogP contribution is 2.40. The van der Waals surface area contributed by atoms with Gasteiger partial charge in [0, 0.05) is 13.8 Å². The predicted octanol–water partition coefficient (Wildman–Crippen LogP) is -19.3. The van der Waals surface area contributed by atoms with Crippen molar-refractivity contribution in [2.45, 2.75) is 297 Å². The molecule has 610 valence electrons. The molecule has 47 heteroatoms. The van der Waals surface area contributed by atoms with Crippen LogP contribution in [0.25, 0.3) is 0 Å². The molecule has 9 aliphatic heterocycles. The molecule has 9 saturated heterocycles. The summed E-state index contributed by atoms with van der Waals surface area (Å²) in [5, 5.41) is 291. The van der Waals surface area contributed by atoms with Crippen molar-refractivity contribution in [2.75, 3.05) is 52.9 Å². The van der Waals surface area contributed by atoms with Gasteiger partial charge >= 0.3 is 0 Å². The van der Waals surface area contributed by atoms with Crippen LogP contribution in [0.1, 0.15) is 20.8 Å². The summed E-state index contributed by atoms with van der Waals surface area (Å²) in [6.45, 7) is -5.41. The van der Waals surface area contributed by atoms with E-state index in [1.54, 1.807) is 0 Å². The zero-order chi connectivity index (χ0) is 77.2. The van der Waals surface area contributed by atoms with Crippen LogP contribution in [0.5, 0.6) is 0 Å². The highest BCUT2D eigenvalue weighted by molar-refractivity contribution is 5.73. The van der Waals surface area contributed by atoms with Crippen molar-refractivity contribution in [2.24, 2.45) is 0 Å². The second kappa shape index (κ2) is 37.2. The van der Waals surface area contributed by atoms with Gasteiger partial charge in [-0.05, 0) is 6.92 Å². The van der Waals surface area contributed by atoms with Gasteiger partial charge in [-0.1, -0.05) is 0 Å². The summed E-state index contributed by atoms with van der Waals surface area (Å²) in [7, 11) is 0. The maximum absolute atomic E-state index is 12.5. The van der Waals surface area contributed by atoms with Gasteiger partial charge in [0.05, 0.1) is 59.0 Å². The van der Waals surface area contributed by atoms with Crippen LogP contribution in [0, 0.1) is 0 Å². The van der Waals surface area contributed by atoms with Gasteiger partial charge in [-0.2, -0.15) is 0 Å². The number of aliphatic hydroxyl groups excluding tert-OH is 26. The highest BCUT2D eigenvalue weighted by Gasteiger charge is 2.61. The molecule has 9 heterocycles. The van der Waals surface area contributed by atoms with Crippen molar-refractivity contribution in [1.29, 1.82) is 0 Å². The third kappa shape index (κ3) is 18.5. The Morgan fingerprint density at radius 2 is 0.571 bits per heavy atom. The van der Waals surface area contributed by atoms with E-state index in [9.17, 15) is 142 Å². The second-order valence-corrected chi connectivity index (χ2v) is 26.7. The minimum Gasteiger partial charge on any atom is -0.394 e. The first-order chi connectivity index (χ1) is 49.7. The van der Waals surface area contributed by atoms with Crippen molar-refractivity contribution < 1.29 is 223 Å². The van der Waals surface area contributed by atoms with E-state index in [1.807, 2.05) is 0 Å². The number of rotatable bonds is 26. The van der Waals surface area contributed by atoms with Gasteiger partial charge in [0.15, 0.2) is 56.6 Å². The number of carbonyl (C=O) groups is 2. The summed E-state index contributed by atoms with van der Waals surface area (Å²) in [4.78, 5) is 24.7. The van der Waals surface area contributed by atoms with Gasteiger partial charge in [-0.15, -0.1) is 0 Å². The van der Waals surface area contributed by atoms with Crippen molar-refractivity contribution in [3.63, 3.8) is 0 Å². The smallest absolute Gasteiger partial charge is 0.217 e. The lowest BCUT2D eigenvalue weighted by Gasteiger charge is -2.51. The average molecular weight is 1540 g/mol. The summed E-state index contributed by atoms with van der Waals surface area (Å²) < 4.78 is 98.9. The van der Waals surface area contributed by atoms with E-state index in [0.29, 0.717) is 0 Å². The number of ether oxygens (including phenoxy) is 17. The Labute approximate surface area is 593 Å². The molecule has 9 rings (SSSR count). The Hall–Kier alpha value is -2.78. The van der Waals surface area contributed by atoms with Crippen LogP contribution in [0.15, 0.2) is 0 Å². The largest absolute Gasteiger partial charge is 0.394 e. The Bertz CT molecular complexity index is 2690. The van der Waals surface area contributed by atoms with Crippen LogP contribution < -0.4 is 10.6 Å². The zero-order valence-electron chi connectivity index (χ0n) is 56.0. The molecule has 9 aliphatic rings. The van der Waals surface area contributed by atoms with Crippen LogP contribution in [0.4, 0.5) is 0 Å². The van der Waals surface area contributed by atoms with Crippen LogP contribution in [0.3, 0.4) is 0 Å². The number of aliphatic hydroxyl groups is 26. The molecule has 0 radical (unpaired) electrons. The molecule has 105 heavy (non-hydrogen) atoms. The summed E-state index contributed by atoms with van der Waals surface area (Å²) in [6, 6.07) is -3.41. The van der Waals surface area contributed by atoms with Gasteiger partial charge in [0.2, 0.25) is 11.8 Å². The lowest BCUT2D eigenvalue weighted by molar-refractivity contribution is -0.408. The van der Waals surface area contributed by atoms with Gasteiger partial charge in [-0.25, -0.2) is 0 Å². The van der Waals surface area contributed by atoms with Crippen molar-refractivity contribution >= 4 is 11.8 Å². The summed E-state index contributed by atoms with van der Waals surface area (Å²) >= 11 is 0. The lowest BCUT2D eigenvalue weighted by atomic mass is 9.94. The Morgan fingerprint density at radius 1 is 0.267 bits per heavy atom. The number of nitrogens with one attached hydrogen (secondary N) is 2. The van der Waals surface area contributed by atoms with Crippen molar-refractivity contribution in [3.8, 4) is 0 Å². The Balaban J connectivity index is 0.999. The lowest BCUT2D eigenvalue weighted by Crippen LogP contribution is -2.70. The monoisotopic (exact) mass is 1540 g/mol. The standard InChI is InChI=1S/C58H98N2O45/c1-12-25(70)33(78)38(83)54(90-12)105-49-48(104-52-24(60-14(3)69)32(77)27(72)16(5-62)93-52)29(74)18(7-64)95-58(49)101-45-21(10-67)97-56(40(85)36(45)81)103-47-30(75)22(11-89-53-41(86)46(28(73)17(6-63)94-53)102-51-23(59-13(2)68)31(76)26(71)15(4-61)92-51)98-57(42(47)87)100-44-20(9-66)96-55(39(84)35(44)80)99-43-19(8-65)91-50(88)37(82)34(43)79/h12,15-58,61-67,70-88H,4-11H2,1-3H3,(H,59,68)(H,60,69)/t12-,15+,16+,17+,18+,19+,20+,21+,22+,23+,24+,25+,26-,27+,28-,29-,30-,31+,32+,33+,34+,35+,36+,37+,38-,39+,40+,41+,42+,43+,44-,45-,46-,47-,48-,49+,50+,51+,52+,53+,54-,55-,56-,57-,58+/m0/s1. The van der Waals surface area contributed by atoms with E-state index in [1.165, 1.54) is 6.92 Å². The normalized spacial score (nSPS) is 51.5. The fourth-order valence-corrected chi connectivity index (χ4v) is 13.6. The third-order valence-electron chi connectivity index (χ3n) is 19.5. The maximum Gasteiger partial charge on any atom is 0.217 e. The molecular weight excluding hydrogens is 1440 g/mol. The van der Waals surface area contributed by atoms with E-state index in [-0.39, 0.29) is 0 Å². The quantitative estimate of drug-likeness (QED) is 0.0382. The molecule has 47 nitrogen and oxygen atoms in total. The molecule has 0 saturated carbocycles. The SMILES string of the molecule is CC(=O)N[C@H]1[C@@H](O[C@H]2[C@@H](O)[C@@H](CO)O[C@@H](OC[C@H]3O[C@@H](O[C@@H]4[C@H](O)[C@@H](O)[C@H](O[C@H]5[C@H](O)[C@@H](O)[C@H](O)O[C@@H]5CO)O[C@@H]4CO)[C@H](O)[C@@H](O[C@@H]4O[C@H](CO)[C@H](O[C@H]5O[C@H](CO)[C@H](O)[C@H](O[C@H]6O[C@H](CO)[C@@H](O)[C@H](O)[C@H]6NC(C)=O)[C@H]5O[C@@H]5O[C@@H](C)[C@@H](O)[C@@H](O)[C@@H]5O)[C@H](O)[C@H]4O)[C@H]3O)[C@@H]2O)O[C@H](CO)[C@H](O)[C@@H]1O. The highest BCUT2D eigenvalue weighted by atomic mass is 16.8. The van der Waals surface area contributed by atoms with Crippen LogP contribution in [-0.2, 0) is 90.1 Å². The first kappa shape index (κ1) is 86.2. The van der Waals surface area contributed by atoms with Crippen molar-refractivity contribution in [3.05, 3.63) is 0 Å². The molecule has 0 aromatic carbocycles. The third-order valence-corrected chi connectivity index (χ3v) is 19.5. The fraction of sp³-hybridized carbons (Fsp3) is 0.966. The van der Waals surface area contributed by atoms with E-state index in [0.717, 1.165) is 13.8 Å². The second-order valence-electron chi connectivity index (χ2n) is 26.7. The maximum atomic E-state index is 12.5. The molecular formula is C58H98N2O45. The topological polar surface area (TPSA) is 741 Å². The number of hydrogen-bond donors (Lipinski definition) is 28. The minimum absolute atomic E-state index is 0.808. The first-order valence-electron chi connectivity index (χ1n) is 33.5. The van der Waals surface area contributed by atoms with Gasteiger partial charge < -0.3 is 224 Å². The van der Waals surface area contributed by atoms with Gasteiger partial charge in [-0.3, -0.25) is 9.59 Å². The van der Waals surface area contributed by atoms with Gasteiger partial charge in [0.25, 0.3) is 0 Å². The van der Waals surface area contributed by atoms with Crippen LogP contribution in [0.2, 0.25) is 0 Å². The Kier molecular flexibility index (Phi) is 30.6. The Morgan fingerprint density at radius 3 is 1.03 bits per heavy atom. The van der Waals surface area contributed by atoms with E-state index >= 15 is 0 Å². The summed E-state index contributed by atoms with van der Waals surface area (Å²) in [6.07, 6.45) is -88.4. The molecule has 0 aliphatic carbocycles. The van der Waals surface area contributed by atoms with E-state index < -0.39 is 341 Å². The fourth-order valence-electron chi connectivity index (χ4n) is 13.6. The molecule has 28 N–H and O–H groups in total.